The number of fused-ring (bicyclic) bond motifs is 1. The maximum absolute atomic E-state index is 12.6. The number of hydrogen-bond acceptors (Lipinski definition) is 5. The van der Waals surface area contributed by atoms with Crippen molar-refractivity contribution in [2.45, 2.75) is 6.92 Å². The number of para-hydroxylation sites is 2. The molecular weight excluding hydrogens is 392 g/mol. The van der Waals surface area contributed by atoms with E-state index in [1.165, 1.54) is 6.07 Å². The Morgan fingerprint density at radius 3 is 2.61 bits per heavy atom. The Kier molecular flexibility index (Phi) is 4.52. The molecule has 0 aliphatic heterocycles. The normalized spacial score (nSPS) is 11.0. The number of furan rings is 1. The minimum Gasteiger partial charge on any atom is -0.507 e. The quantitative estimate of drug-likeness (QED) is 0.378. The lowest BCUT2D eigenvalue weighted by atomic mass is 10.1. The van der Waals surface area contributed by atoms with Gasteiger partial charge in [0.1, 0.15) is 17.0 Å². The van der Waals surface area contributed by atoms with Crippen molar-refractivity contribution in [2.75, 3.05) is 5.32 Å². The molecule has 5 rings (SSSR count). The van der Waals surface area contributed by atoms with Crippen LogP contribution in [0.4, 0.5) is 5.69 Å². The minimum atomic E-state index is -0.409. The molecule has 0 fully saturated rings. The van der Waals surface area contributed by atoms with Crippen molar-refractivity contribution in [1.82, 2.24) is 4.98 Å². The summed E-state index contributed by atoms with van der Waals surface area (Å²) in [5.41, 5.74) is 4.21. The number of anilines is 1. The molecule has 0 bridgehead atoms. The van der Waals surface area contributed by atoms with E-state index in [1.807, 2.05) is 55.5 Å². The van der Waals surface area contributed by atoms with Gasteiger partial charge >= 0.3 is 0 Å². The zero-order valence-corrected chi connectivity index (χ0v) is 16.6. The van der Waals surface area contributed by atoms with Crippen molar-refractivity contribution in [3.8, 4) is 28.5 Å². The summed E-state index contributed by atoms with van der Waals surface area (Å²) in [6, 6.07) is 23.4. The number of aryl methyl sites for hydroxylation is 1. The van der Waals surface area contributed by atoms with Crippen LogP contribution in [0.1, 0.15) is 16.1 Å². The molecule has 0 aliphatic rings. The highest BCUT2D eigenvalue weighted by atomic mass is 16.4. The molecule has 6 heteroatoms. The number of oxazole rings is 1. The van der Waals surface area contributed by atoms with Crippen LogP contribution in [-0.4, -0.2) is 16.0 Å². The third-order valence-corrected chi connectivity index (χ3v) is 4.91. The fraction of sp³-hybridized carbons (Fsp3) is 0.0400. The zero-order chi connectivity index (χ0) is 21.4. The highest BCUT2D eigenvalue weighted by molar-refractivity contribution is 6.02. The van der Waals surface area contributed by atoms with Crippen LogP contribution in [0.2, 0.25) is 0 Å². The Morgan fingerprint density at radius 1 is 0.935 bits per heavy atom. The van der Waals surface area contributed by atoms with Gasteiger partial charge in [0, 0.05) is 17.3 Å². The summed E-state index contributed by atoms with van der Waals surface area (Å²) in [6.45, 7) is 2.00. The summed E-state index contributed by atoms with van der Waals surface area (Å²) in [5, 5.41) is 13.2. The Morgan fingerprint density at radius 2 is 1.81 bits per heavy atom. The minimum absolute atomic E-state index is 0.0516. The smallest absolute Gasteiger partial charge is 0.291 e. The SMILES string of the molecule is Cc1cccc(-c2ccc(C(=O)Nc3ccc(-c4nc5ccccc5o4)c(O)c3)o2)c1. The molecule has 0 spiro atoms. The second kappa shape index (κ2) is 7.50. The average molecular weight is 410 g/mol. The Balaban J connectivity index is 1.36. The van der Waals surface area contributed by atoms with Gasteiger partial charge in [-0.15, -0.1) is 0 Å². The lowest BCUT2D eigenvalue weighted by Crippen LogP contribution is -2.10. The van der Waals surface area contributed by atoms with E-state index in [0.29, 0.717) is 34.0 Å². The summed E-state index contributed by atoms with van der Waals surface area (Å²) >= 11 is 0. The van der Waals surface area contributed by atoms with Crippen LogP contribution in [0, 0.1) is 6.92 Å². The number of nitrogens with zero attached hydrogens (tertiary/aromatic N) is 1. The number of rotatable bonds is 4. The van der Waals surface area contributed by atoms with Gasteiger partial charge in [-0.1, -0.05) is 35.9 Å². The van der Waals surface area contributed by atoms with E-state index in [-0.39, 0.29) is 11.5 Å². The third kappa shape index (κ3) is 3.67. The molecule has 0 atom stereocenters. The number of aromatic nitrogens is 1. The van der Waals surface area contributed by atoms with Crippen LogP contribution >= 0.6 is 0 Å². The van der Waals surface area contributed by atoms with Gasteiger partial charge in [-0.3, -0.25) is 4.79 Å². The molecule has 31 heavy (non-hydrogen) atoms. The van der Waals surface area contributed by atoms with Gasteiger partial charge in [0.2, 0.25) is 5.89 Å². The lowest BCUT2D eigenvalue weighted by molar-refractivity contribution is 0.0997. The molecule has 152 valence electrons. The van der Waals surface area contributed by atoms with Crippen LogP contribution in [0.3, 0.4) is 0 Å². The van der Waals surface area contributed by atoms with E-state index in [2.05, 4.69) is 10.3 Å². The van der Waals surface area contributed by atoms with Gasteiger partial charge in [-0.2, -0.15) is 0 Å². The summed E-state index contributed by atoms with van der Waals surface area (Å²) in [5.74, 6) is 0.643. The van der Waals surface area contributed by atoms with Gasteiger partial charge < -0.3 is 19.3 Å². The van der Waals surface area contributed by atoms with E-state index in [1.54, 1.807) is 24.3 Å². The number of phenols is 1. The number of benzene rings is 3. The first-order valence-electron chi connectivity index (χ1n) is 9.74. The third-order valence-electron chi connectivity index (χ3n) is 4.91. The molecule has 1 amide bonds. The Hall–Kier alpha value is -4.32. The standard InChI is InChI=1S/C25H18N2O4/c1-15-5-4-6-16(13-15)21-11-12-23(30-21)24(29)26-17-9-10-18(20(28)14-17)25-27-19-7-2-3-8-22(19)31-25/h2-14,28H,1H3,(H,26,29). The number of carbonyl (C=O) groups excluding carboxylic acids is 1. The number of carbonyl (C=O) groups is 1. The van der Waals surface area contributed by atoms with Gasteiger partial charge in [-0.25, -0.2) is 4.98 Å². The number of hydrogen-bond donors (Lipinski definition) is 2. The van der Waals surface area contributed by atoms with Crippen LogP contribution in [-0.2, 0) is 0 Å². The second-order valence-corrected chi connectivity index (χ2v) is 7.21. The summed E-state index contributed by atoms with van der Waals surface area (Å²) in [6.07, 6.45) is 0. The monoisotopic (exact) mass is 410 g/mol. The predicted octanol–water partition coefficient (Wildman–Crippen LogP) is 6.02. The van der Waals surface area contributed by atoms with Gasteiger partial charge in [0.05, 0.1) is 5.56 Å². The molecule has 0 saturated heterocycles. The first-order chi connectivity index (χ1) is 15.1. The first-order valence-corrected chi connectivity index (χ1v) is 9.74. The van der Waals surface area contributed by atoms with Gasteiger partial charge in [-0.05, 0) is 49.4 Å². The van der Waals surface area contributed by atoms with Crippen LogP contribution in [0.15, 0.2) is 87.7 Å². The average Bonchev–Trinajstić information content (AvgIpc) is 3.41. The Bertz CT molecular complexity index is 1380. The molecule has 5 aromatic rings. The number of amides is 1. The van der Waals surface area contributed by atoms with Gasteiger partial charge in [0.15, 0.2) is 11.3 Å². The fourth-order valence-corrected chi connectivity index (χ4v) is 3.38. The van der Waals surface area contributed by atoms with Crippen molar-refractivity contribution < 1.29 is 18.7 Å². The highest BCUT2D eigenvalue weighted by Crippen LogP contribution is 2.33. The molecule has 0 aliphatic carbocycles. The maximum Gasteiger partial charge on any atom is 0.291 e. The summed E-state index contributed by atoms with van der Waals surface area (Å²) in [4.78, 5) is 17.0. The van der Waals surface area contributed by atoms with E-state index in [9.17, 15) is 9.90 Å². The van der Waals surface area contributed by atoms with E-state index in [4.69, 9.17) is 8.83 Å². The summed E-state index contributed by atoms with van der Waals surface area (Å²) < 4.78 is 11.4. The molecule has 2 aromatic heterocycles. The van der Waals surface area contributed by atoms with Crippen molar-refractivity contribution in [2.24, 2.45) is 0 Å². The van der Waals surface area contributed by atoms with Crippen molar-refractivity contribution in [3.05, 3.63) is 90.2 Å². The molecule has 2 heterocycles. The fourth-order valence-electron chi connectivity index (χ4n) is 3.38. The van der Waals surface area contributed by atoms with Crippen LogP contribution in [0.25, 0.3) is 33.9 Å². The van der Waals surface area contributed by atoms with Crippen LogP contribution < -0.4 is 5.32 Å². The predicted molar refractivity (Wildman–Crippen MR) is 118 cm³/mol. The van der Waals surface area contributed by atoms with E-state index in [0.717, 1.165) is 11.1 Å². The Labute approximate surface area is 177 Å². The molecule has 3 aromatic carbocycles. The first kappa shape index (κ1) is 18.7. The van der Waals surface area contributed by atoms with Crippen LogP contribution in [0.5, 0.6) is 5.75 Å². The molecule has 0 unspecified atom stereocenters. The topological polar surface area (TPSA) is 88.5 Å². The largest absolute Gasteiger partial charge is 0.507 e. The molecule has 0 saturated carbocycles. The van der Waals surface area contributed by atoms with E-state index >= 15 is 0 Å². The van der Waals surface area contributed by atoms with E-state index < -0.39 is 5.91 Å². The molecule has 6 nitrogen and oxygen atoms in total. The number of phenolic OH excluding ortho intramolecular Hbond substituents is 1. The van der Waals surface area contributed by atoms with Crippen molar-refractivity contribution >= 4 is 22.7 Å². The van der Waals surface area contributed by atoms with Crippen molar-refractivity contribution in [3.63, 3.8) is 0 Å². The number of nitrogens with one attached hydrogen (secondary N) is 1. The van der Waals surface area contributed by atoms with Gasteiger partial charge in [0.25, 0.3) is 5.91 Å². The lowest BCUT2D eigenvalue weighted by Gasteiger charge is -2.06. The highest BCUT2D eigenvalue weighted by Gasteiger charge is 2.16. The van der Waals surface area contributed by atoms with Crippen molar-refractivity contribution in [1.29, 1.82) is 0 Å². The zero-order valence-electron chi connectivity index (χ0n) is 16.6. The summed E-state index contributed by atoms with van der Waals surface area (Å²) in [7, 11) is 0. The molecular formula is C25H18N2O4. The maximum atomic E-state index is 12.6. The molecule has 0 radical (unpaired) electrons. The molecule has 2 N–H and O–H groups in total. The number of aromatic hydroxyl groups is 1. The second-order valence-electron chi connectivity index (χ2n) is 7.21.